The van der Waals surface area contributed by atoms with Gasteiger partial charge in [-0.2, -0.15) is 0 Å². The molecule has 2 amide bonds. The number of hydrogen-bond donors (Lipinski definition) is 2. The maximum absolute atomic E-state index is 12.2. The van der Waals surface area contributed by atoms with Crippen LogP contribution in [0.4, 0.5) is 5.13 Å². The standard InChI is InChI=1S/C17H19N3O5S/c1-11(25-13-6-4-3-5-7-13)16(24)19-17-18-12(10-26-17)8-14(21)20(2)9-15(22)23/h3-7,10-11H,8-9H2,1-2H3,(H,22,23)(H,18,19,24). The number of carboxylic acids is 1. The predicted molar refractivity (Wildman–Crippen MR) is 96.3 cm³/mol. The van der Waals surface area contributed by atoms with E-state index < -0.39 is 12.1 Å². The zero-order valence-electron chi connectivity index (χ0n) is 14.3. The normalized spacial score (nSPS) is 11.5. The Balaban J connectivity index is 1.88. The summed E-state index contributed by atoms with van der Waals surface area (Å²) in [6.07, 6.45) is -0.750. The number of carboxylic acid groups (broad SMARTS) is 1. The maximum atomic E-state index is 12.2. The molecule has 0 saturated heterocycles. The van der Waals surface area contributed by atoms with Crippen molar-refractivity contribution in [2.75, 3.05) is 18.9 Å². The topological polar surface area (TPSA) is 109 Å². The molecule has 0 saturated carbocycles. The van der Waals surface area contributed by atoms with E-state index in [4.69, 9.17) is 9.84 Å². The van der Waals surface area contributed by atoms with E-state index in [9.17, 15) is 14.4 Å². The number of anilines is 1. The number of ether oxygens (including phenoxy) is 1. The first kappa shape index (κ1) is 19.4. The third-order valence-corrected chi connectivity index (χ3v) is 4.14. The number of likely N-dealkylation sites (N-methyl/N-ethyl adjacent to an activating group) is 1. The van der Waals surface area contributed by atoms with Crippen LogP contribution in [0.5, 0.6) is 5.75 Å². The quantitative estimate of drug-likeness (QED) is 0.724. The van der Waals surface area contributed by atoms with Crippen molar-refractivity contribution in [1.29, 1.82) is 0 Å². The fourth-order valence-corrected chi connectivity index (χ4v) is 2.70. The number of amides is 2. The van der Waals surface area contributed by atoms with Crippen LogP contribution in [0.1, 0.15) is 12.6 Å². The molecule has 0 spiro atoms. The maximum Gasteiger partial charge on any atom is 0.323 e. The van der Waals surface area contributed by atoms with Crippen LogP contribution < -0.4 is 10.1 Å². The Labute approximate surface area is 154 Å². The summed E-state index contributed by atoms with van der Waals surface area (Å²) in [6, 6.07) is 8.98. The Hall–Kier alpha value is -2.94. The lowest BCUT2D eigenvalue weighted by Gasteiger charge is -2.13. The van der Waals surface area contributed by atoms with Gasteiger partial charge < -0.3 is 14.7 Å². The molecule has 0 aliphatic rings. The fraction of sp³-hybridized carbons (Fsp3) is 0.294. The van der Waals surface area contributed by atoms with Crippen molar-refractivity contribution in [3.63, 3.8) is 0 Å². The Bertz CT molecular complexity index is 778. The fourth-order valence-electron chi connectivity index (χ4n) is 1.99. The number of nitrogens with one attached hydrogen (secondary N) is 1. The van der Waals surface area contributed by atoms with Crippen LogP contribution in [0, 0.1) is 0 Å². The van der Waals surface area contributed by atoms with Gasteiger partial charge in [-0.3, -0.25) is 19.7 Å². The Kier molecular flexibility index (Phi) is 6.67. The van der Waals surface area contributed by atoms with Crippen molar-refractivity contribution in [1.82, 2.24) is 9.88 Å². The van der Waals surface area contributed by atoms with Crippen molar-refractivity contribution in [2.24, 2.45) is 0 Å². The summed E-state index contributed by atoms with van der Waals surface area (Å²) < 4.78 is 5.54. The monoisotopic (exact) mass is 377 g/mol. The van der Waals surface area contributed by atoms with E-state index in [-0.39, 0.29) is 24.8 Å². The van der Waals surface area contributed by atoms with Gasteiger partial charge >= 0.3 is 5.97 Å². The van der Waals surface area contributed by atoms with Crippen molar-refractivity contribution in [3.05, 3.63) is 41.4 Å². The molecule has 0 radical (unpaired) electrons. The number of aliphatic carboxylic acids is 1. The van der Waals surface area contributed by atoms with E-state index in [2.05, 4.69) is 10.3 Å². The number of carbonyl (C=O) groups is 3. The molecule has 1 atom stereocenters. The minimum absolute atomic E-state index is 0.0355. The average Bonchev–Trinajstić information content (AvgIpc) is 3.02. The van der Waals surface area contributed by atoms with Crippen LogP contribution in [0.15, 0.2) is 35.7 Å². The van der Waals surface area contributed by atoms with Crippen LogP contribution >= 0.6 is 11.3 Å². The minimum atomic E-state index is -1.08. The van der Waals surface area contributed by atoms with E-state index in [0.717, 1.165) is 4.90 Å². The van der Waals surface area contributed by atoms with Crippen molar-refractivity contribution in [3.8, 4) is 5.75 Å². The number of rotatable bonds is 8. The molecular weight excluding hydrogens is 358 g/mol. The molecule has 138 valence electrons. The second-order valence-electron chi connectivity index (χ2n) is 5.53. The highest BCUT2D eigenvalue weighted by molar-refractivity contribution is 7.13. The first-order chi connectivity index (χ1) is 12.3. The molecule has 2 N–H and O–H groups in total. The highest BCUT2D eigenvalue weighted by Gasteiger charge is 2.18. The molecule has 0 aliphatic heterocycles. The SMILES string of the molecule is CC(Oc1ccccc1)C(=O)Nc1nc(CC(=O)N(C)CC(=O)O)cs1. The van der Waals surface area contributed by atoms with Crippen LogP contribution in [-0.4, -0.2) is 52.5 Å². The Morgan fingerprint density at radius 3 is 2.65 bits per heavy atom. The Morgan fingerprint density at radius 2 is 2.00 bits per heavy atom. The van der Waals surface area contributed by atoms with Crippen molar-refractivity contribution < 1.29 is 24.2 Å². The van der Waals surface area contributed by atoms with Gasteiger partial charge in [-0.15, -0.1) is 11.3 Å². The van der Waals surface area contributed by atoms with Crippen molar-refractivity contribution >= 4 is 34.3 Å². The summed E-state index contributed by atoms with van der Waals surface area (Å²) in [4.78, 5) is 40.0. The molecule has 1 aromatic heterocycles. The molecule has 8 nitrogen and oxygen atoms in total. The molecular formula is C17H19N3O5S. The van der Waals surface area contributed by atoms with E-state index in [1.54, 1.807) is 24.4 Å². The third kappa shape index (κ3) is 5.85. The van der Waals surface area contributed by atoms with E-state index in [0.29, 0.717) is 16.6 Å². The average molecular weight is 377 g/mol. The summed E-state index contributed by atoms with van der Waals surface area (Å²) in [5, 5.41) is 13.3. The molecule has 9 heteroatoms. The van der Waals surface area contributed by atoms with Gasteiger partial charge in [0.2, 0.25) is 5.91 Å². The predicted octanol–water partition coefficient (Wildman–Crippen LogP) is 1.63. The second kappa shape index (κ2) is 8.95. The molecule has 2 rings (SSSR count). The molecule has 0 fully saturated rings. The molecule has 1 unspecified atom stereocenters. The summed E-state index contributed by atoms with van der Waals surface area (Å²) in [5.41, 5.74) is 0.462. The van der Waals surface area contributed by atoms with Crippen LogP contribution in [0.2, 0.25) is 0 Å². The summed E-state index contributed by atoms with van der Waals surface area (Å²) in [5.74, 6) is -1.22. The van der Waals surface area contributed by atoms with Gasteiger partial charge in [0, 0.05) is 12.4 Å². The lowest BCUT2D eigenvalue weighted by molar-refractivity contribution is -0.143. The molecule has 1 aromatic carbocycles. The zero-order valence-corrected chi connectivity index (χ0v) is 15.2. The number of nitrogens with zero attached hydrogens (tertiary/aromatic N) is 2. The van der Waals surface area contributed by atoms with Crippen LogP contribution in [0.25, 0.3) is 0 Å². The van der Waals surface area contributed by atoms with Crippen LogP contribution in [0.3, 0.4) is 0 Å². The van der Waals surface area contributed by atoms with E-state index >= 15 is 0 Å². The molecule has 1 heterocycles. The summed E-state index contributed by atoms with van der Waals surface area (Å²) in [6.45, 7) is 1.25. The zero-order chi connectivity index (χ0) is 19.1. The number of carbonyl (C=O) groups excluding carboxylic acids is 2. The first-order valence-electron chi connectivity index (χ1n) is 7.78. The summed E-state index contributed by atoms with van der Waals surface area (Å²) in [7, 11) is 1.41. The third-order valence-electron chi connectivity index (χ3n) is 3.34. The second-order valence-corrected chi connectivity index (χ2v) is 6.38. The molecule has 0 aliphatic carbocycles. The number of para-hydroxylation sites is 1. The highest BCUT2D eigenvalue weighted by Crippen LogP contribution is 2.17. The number of thiazole rings is 1. The molecule has 2 aromatic rings. The van der Waals surface area contributed by atoms with Gasteiger partial charge in [-0.25, -0.2) is 4.98 Å². The lowest BCUT2D eigenvalue weighted by atomic mass is 10.3. The van der Waals surface area contributed by atoms with Gasteiger partial charge in [0.15, 0.2) is 11.2 Å². The van der Waals surface area contributed by atoms with Gasteiger partial charge in [0.25, 0.3) is 5.91 Å². The highest BCUT2D eigenvalue weighted by atomic mass is 32.1. The van der Waals surface area contributed by atoms with Gasteiger partial charge in [0.1, 0.15) is 12.3 Å². The van der Waals surface area contributed by atoms with E-state index in [1.807, 2.05) is 18.2 Å². The van der Waals surface area contributed by atoms with Crippen LogP contribution in [-0.2, 0) is 20.8 Å². The lowest BCUT2D eigenvalue weighted by Crippen LogP contribution is -2.33. The number of hydrogen-bond acceptors (Lipinski definition) is 6. The van der Waals surface area contributed by atoms with Crippen molar-refractivity contribution in [2.45, 2.75) is 19.4 Å². The smallest absolute Gasteiger partial charge is 0.323 e. The van der Waals surface area contributed by atoms with Gasteiger partial charge in [-0.1, -0.05) is 18.2 Å². The first-order valence-corrected chi connectivity index (χ1v) is 8.66. The molecule has 0 bridgehead atoms. The number of aromatic nitrogens is 1. The Morgan fingerprint density at radius 1 is 1.31 bits per heavy atom. The largest absolute Gasteiger partial charge is 0.481 e. The van der Waals surface area contributed by atoms with Gasteiger partial charge in [0.05, 0.1) is 12.1 Å². The van der Waals surface area contributed by atoms with E-state index in [1.165, 1.54) is 18.4 Å². The summed E-state index contributed by atoms with van der Waals surface area (Å²) >= 11 is 1.18. The number of benzene rings is 1. The van der Waals surface area contributed by atoms with Gasteiger partial charge in [-0.05, 0) is 19.1 Å². The molecule has 26 heavy (non-hydrogen) atoms. The minimum Gasteiger partial charge on any atom is -0.481 e.